The average molecular weight is 269 g/mol. The Morgan fingerprint density at radius 1 is 1.39 bits per heavy atom. The fraction of sp³-hybridized carbons (Fsp3) is 0.692. The van der Waals surface area contributed by atoms with Crippen LogP contribution in [0.1, 0.15) is 30.0 Å². The molecule has 0 amide bonds. The lowest BCUT2D eigenvalue weighted by Gasteiger charge is -2.36. The Morgan fingerprint density at radius 2 is 2.17 bits per heavy atom. The summed E-state index contributed by atoms with van der Waals surface area (Å²) >= 11 is 5.90. The molecule has 0 aliphatic carbocycles. The molecular weight excluding hydrogens is 248 g/mol. The molecule has 100 valence electrons. The van der Waals surface area contributed by atoms with Crippen LogP contribution in [-0.4, -0.2) is 53.5 Å². The van der Waals surface area contributed by atoms with Gasteiger partial charge in [-0.1, -0.05) is 6.92 Å². The maximum absolute atomic E-state index is 5.90. The normalized spacial score (nSPS) is 22.3. The third-order valence-corrected chi connectivity index (χ3v) is 3.89. The van der Waals surface area contributed by atoms with Gasteiger partial charge in [-0.05, 0) is 20.5 Å². The molecule has 0 radical (unpaired) electrons. The molecule has 1 saturated heterocycles. The van der Waals surface area contributed by atoms with Crippen molar-refractivity contribution in [2.75, 3.05) is 33.7 Å². The first kappa shape index (κ1) is 13.7. The molecule has 1 aliphatic heterocycles. The molecule has 5 heteroatoms. The third-order valence-electron chi connectivity index (χ3n) is 3.60. The van der Waals surface area contributed by atoms with Gasteiger partial charge >= 0.3 is 0 Å². The minimum atomic E-state index is 0.290. The molecular formula is C13H21ClN4. The van der Waals surface area contributed by atoms with Crippen molar-refractivity contribution >= 4 is 11.6 Å². The Labute approximate surface area is 114 Å². The lowest BCUT2D eigenvalue weighted by Crippen LogP contribution is -2.45. The Bertz CT molecular complexity index is 410. The van der Waals surface area contributed by atoms with Gasteiger partial charge in [0.25, 0.3) is 0 Å². The van der Waals surface area contributed by atoms with Crippen molar-refractivity contribution in [3.8, 4) is 0 Å². The zero-order valence-corrected chi connectivity index (χ0v) is 12.1. The van der Waals surface area contributed by atoms with Crippen LogP contribution in [0.3, 0.4) is 0 Å². The van der Waals surface area contributed by atoms with Gasteiger partial charge in [-0.25, -0.2) is 9.97 Å². The molecule has 1 atom stereocenters. The van der Waals surface area contributed by atoms with Crippen LogP contribution >= 0.6 is 11.6 Å². The Kier molecular flexibility index (Phi) is 4.54. The zero-order valence-electron chi connectivity index (χ0n) is 11.4. The van der Waals surface area contributed by atoms with Gasteiger partial charge in [-0.3, -0.25) is 4.90 Å². The van der Waals surface area contributed by atoms with Gasteiger partial charge < -0.3 is 4.90 Å². The van der Waals surface area contributed by atoms with E-state index in [4.69, 9.17) is 16.6 Å². The fourth-order valence-electron chi connectivity index (χ4n) is 2.32. The van der Waals surface area contributed by atoms with Gasteiger partial charge in [0.1, 0.15) is 5.82 Å². The molecule has 1 unspecified atom stereocenters. The quantitative estimate of drug-likeness (QED) is 0.781. The highest BCUT2D eigenvalue weighted by Gasteiger charge is 2.26. The van der Waals surface area contributed by atoms with E-state index >= 15 is 0 Å². The summed E-state index contributed by atoms with van der Waals surface area (Å²) < 4.78 is 0. The summed E-state index contributed by atoms with van der Waals surface area (Å²) in [6.45, 7) is 5.26. The summed E-state index contributed by atoms with van der Waals surface area (Å²) in [5, 5.41) is 0. The number of halogens is 1. The Hall–Kier alpha value is -0.710. The lowest BCUT2D eigenvalue weighted by molar-refractivity contribution is 0.109. The molecule has 2 heterocycles. The van der Waals surface area contributed by atoms with Crippen LogP contribution in [0.2, 0.25) is 0 Å². The van der Waals surface area contributed by atoms with Gasteiger partial charge in [0.15, 0.2) is 0 Å². The molecule has 1 fully saturated rings. The maximum atomic E-state index is 5.90. The highest BCUT2D eigenvalue weighted by atomic mass is 35.5. The van der Waals surface area contributed by atoms with Crippen LogP contribution in [0.4, 0.5) is 0 Å². The molecule has 18 heavy (non-hydrogen) atoms. The van der Waals surface area contributed by atoms with E-state index in [-0.39, 0.29) is 0 Å². The maximum Gasteiger partial charge on any atom is 0.146 e. The second kappa shape index (κ2) is 5.95. The van der Waals surface area contributed by atoms with Crippen molar-refractivity contribution in [3.63, 3.8) is 0 Å². The van der Waals surface area contributed by atoms with E-state index in [1.807, 2.05) is 6.20 Å². The highest BCUT2D eigenvalue weighted by molar-refractivity contribution is 6.17. The molecule has 0 bridgehead atoms. The fourth-order valence-corrected chi connectivity index (χ4v) is 2.55. The molecule has 2 rings (SSSR count). The number of aromatic nitrogens is 2. The first-order valence-electron chi connectivity index (χ1n) is 6.45. The van der Waals surface area contributed by atoms with Crippen molar-refractivity contribution < 1.29 is 0 Å². The van der Waals surface area contributed by atoms with Gasteiger partial charge in [0, 0.05) is 37.1 Å². The molecule has 0 N–H and O–H groups in total. The van der Waals surface area contributed by atoms with Crippen molar-refractivity contribution in [2.45, 2.75) is 25.3 Å². The van der Waals surface area contributed by atoms with Crippen LogP contribution in [0, 0.1) is 0 Å². The van der Waals surface area contributed by atoms with Crippen LogP contribution in [0.25, 0.3) is 0 Å². The van der Waals surface area contributed by atoms with Gasteiger partial charge in [-0.2, -0.15) is 0 Å². The predicted molar refractivity (Wildman–Crippen MR) is 73.8 cm³/mol. The number of likely N-dealkylation sites (N-methyl/N-ethyl adjacent to an activating group) is 2. The Morgan fingerprint density at radius 3 is 2.83 bits per heavy atom. The summed E-state index contributed by atoms with van der Waals surface area (Å²) in [6, 6.07) is 0.290. The van der Waals surface area contributed by atoms with Crippen LogP contribution < -0.4 is 0 Å². The number of rotatable bonds is 3. The van der Waals surface area contributed by atoms with Gasteiger partial charge in [-0.15, -0.1) is 11.6 Å². The smallest absolute Gasteiger partial charge is 0.146 e. The molecule has 0 spiro atoms. The number of hydrogen-bond donors (Lipinski definition) is 0. The second-order valence-corrected chi connectivity index (χ2v) is 5.21. The van der Waals surface area contributed by atoms with E-state index < -0.39 is 0 Å². The predicted octanol–water partition coefficient (Wildman–Crippen LogP) is 1.70. The summed E-state index contributed by atoms with van der Waals surface area (Å²) in [4.78, 5) is 13.9. The van der Waals surface area contributed by atoms with E-state index in [1.165, 1.54) is 0 Å². The molecule has 4 nitrogen and oxygen atoms in total. The zero-order chi connectivity index (χ0) is 13.1. The molecule has 1 aliphatic rings. The van der Waals surface area contributed by atoms with Crippen LogP contribution in [0.15, 0.2) is 6.20 Å². The first-order valence-corrected chi connectivity index (χ1v) is 6.98. The minimum absolute atomic E-state index is 0.290. The van der Waals surface area contributed by atoms with E-state index in [9.17, 15) is 0 Å². The van der Waals surface area contributed by atoms with Gasteiger partial charge in [0.2, 0.25) is 0 Å². The van der Waals surface area contributed by atoms with E-state index in [1.54, 1.807) is 0 Å². The monoisotopic (exact) mass is 268 g/mol. The number of piperazine rings is 1. The number of alkyl halides is 1. The van der Waals surface area contributed by atoms with E-state index in [0.717, 1.165) is 43.1 Å². The van der Waals surface area contributed by atoms with Crippen molar-refractivity contribution in [1.29, 1.82) is 0 Å². The summed E-state index contributed by atoms with van der Waals surface area (Å²) in [5.74, 6) is 1.42. The highest BCUT2D eigenvalue weighted by Crippen LogP contribution is 2.21. The molecule has 1 aromatic rings. The minimum Gasteiger partial charge on any atom is -0.303 e. The number of hydrogen-bond acceptors (Lipinski definition) is 4. The summed E-state index contributed by atoms with van der Waals surface area (Å²) in [5.41, 5.74) is 2.13. The molecule has 0 aromatic carbocycles. The van der Waals surface area contributed by atoms with Crippen molar-refractivity contribution in [1.82, 2.24) is 19.8 Å². The number of aryl methyl sites for hydroxylation is 1. The Balaban J connectivity index is 2.26. The summed E-state index contributed by atoms with van der Waals surface area (Å²) in [7, 11) is 4.29. The average Bonchev–Trinajstić information content (AvgIpc) is 2.40. The largest absolute Gasteiger partial charge is 0.303 e. The third kappa shape index (κ3) is 2.82. The van der Waals surface area contributed by atoms with Gasteiger partial charge in [0.05, 0.1) is 11.9 Å². The van der Waals surface area contributed by atoms with E-state index in [2.05, 4.69) is 35.8 Å². The topological polar surface area (TPSA) is 32.3 Å². The molecule has 0 saturated carbocycles. The second-order valence-electron chi connectivity index (χ2n) is 4.95. The van der Waals surface area contributed by atoms with Crippen LogP contribution in [0.5, 0.6) is 0 Å². The lowest BCUT2D eigenvalue weighted by atomic mass is 10.1. The molecule has 1 aromatic heterocycles. The van der Waals surface area contributed by atoms with Crippen molar-refractivity contribution in [3.05, 3.63) is 23.3 Å². The van der Waals surface area contributed by atoms with Crippen LogP contribution in [-0.2, 0) is 12.3 Å². The summed E-state index contributed by atoms with van der Waals surface area (Å²) in [6.07, 6.45) is 2.79. The SMILES string of the molecule is CCc1nc(C2CN(C)CCN2C)ncc1CCl. The number of nitrogens with zero attached hydrogens (tertiary/aromatic N) is 4. The standard InChI is InChI=1S/C13H21ClN4/c1-4-11-10(7-14)8-15-13(16-11)12-9-17(2)5-6-18(12)3/h8,12H,4-7,9H2,1-3H3. The van der Waals surface area contributed by atoms with Crippen molar-refractivity contribution in [2.24, 2.45) is 0 Å². The van der Waals surface area contributed by atoms with E-state index in [0.29, 0.717) is 11.9 Å². The first-order chi connectivity index (χ1) is 8.65.